The first-order valence-electron chi connectivity index (χ1n) is 18.7. The van der Waals surface area contributed by atoms with Gasteiger partial charge in [0.15, 0.2) is 0 Å². The fourth-order valence-electron chi connectivity index (χ4n) is 9.63. The Labute approximate surface area is 309 Å². The molecule has 0 saturated heterocycles. The Kier molecular flexibility index (Phi) is 6.40. The average molecular weight is 673 g/mol. The standard InChI is InChI=1S/C53H36/c1-53(2)48-25-12-11-24-46(48)51-40-19-6-5-18-39(40)47-32-36(28-29-45(47)52(51)53)35-16-13-17-37(31-35)49-41-20-7-9-22-43(41)50(44-23-10-8-21-42(44)49)38-27-26-33-14-3-4-15-34(33)30-38/h3-32H,1-2H3. The van der Waals surface area contributed by atoms with Crippen LogP contribution in [-0.2, 0) is 5.41 Å². The van der Waals surface area contributed by atoms with Gasteiger partial charge in [0.25, 0.3) is 0 Å². The maximum Gasteiger partial charge on any atom is 0.0165 e. The molecule has 0 aliphatic heterocycles. The molecule has 0 unspecified atom stereocenters. The number of fused-ring (bicyclic) bond motifs is 11. The third-order valence-corrected chi connectivity index (χ3v) is 12.0. The van der Waals surface area contributed by atoms with E-state index in [0.717, 1.165) is 0 Å². The van der Waals surface area contributed by atoms with Crippen molar-refractivity contribution in [3.63, 3.8) is 0 Å². The molecule has 53 heavy (non-hydrogen) atoms. The number of hydrogen-bond acceptors (Lipinski definition) is 0. The van der Waals surface area contributed by atoms with Gasteiger partial charge in [-0.25, -0.2) is 0 Å². The Morgan fingerprint density at radius 3 is 1.51 bits per heavy atom. The van der Waals surface area contributed by atoms with Gasteiger partial charge in [0.1, 0.15) is 0 Å². The minimum atomic E-state index is -0.0865. The van der Waals surface area contributed by atoms with E-state index < -0.39 is 0 Å². The van der Waals surface area contributed by atoms with Crippen LogP contribution in [0.3, 0.4) is 0 Å². The van der Waals surface area contributed by atoms with Crippen molar-refractivity contribution >= 4 is 53.9 Å². The van der Waals surface area contributed by atoms with Gasteiger partial charge in [-0.1, -0.05) is 178 Å². The van der Waals surface area contributed by atoms with Crippen LogP contribution < -0.4 is 0 Å². The zero-order chi connectivity index (χ0) is 35.3. The molecule has 0 fully saturated rings. The van der Waals surface area contributed by atoms with E-state index in [-0.39, 0.29) is 5.41 Å². The summed E-state index contributed by atoms with van der Waals surface area (Å²) in [5, 5.41) is 12.9. The molecule has 11 rings (SSSR count). The first kappa shape index (κ1) is 30.2. The van der Waals surface area contributed by atoms with Crippen LogP contribution in [0.2, 0.25) is 0 Å². The Morgan fingerprint density at radius 2 is 0.811 bits per heavy atom. The second-order valence-corrected chi connectivity index (χ2v) is 15.2. The summed E-state index contributed by atoms with van der Waals surface area (Å²) in [5.41, 5.74) is 13.1. The Morgan fingerprint density at radius 1 is 0.302 bits per heavy atom. The highest BCUT2D eigenvalue weighted by Gasteiger charge is 2.38. The molecule has 0 heteroatoms. The molecule has 0 spiro atoms. The zero-order valence-electron chi connectivity index (χ0n) is 29.8. The van der Waals surface area contributed by atoms with Crippen LogP contribution in [0, 0.1) is 0 Å². The maximum absolute atomic E-state index is 2.44. The van der Waals surface area contributed by atoms with Crippen molar-refractivity contribution in [2.75, 3.05) is 0 Å². The molecule has 0 amide bonds. The van der Waals surface area contributed by atoms with Gasteiger partial charge in [0, 0.05) is 5.41 Å². The maximum atomic E-state index is 2.44. The van der Waals surface area contributed by atoms with Crippen molar-refractivity contribution in [2.24, 2.45) is 0 Å². The molecular weight excluding hydrogens is 637 g/mol. The van der Waals surface area contributed by atoms with Crippen molar-refractivity contribution in [1.82, 2.24) is 0 Å². The average Bonchev–Trinajstić information content (AvgIpc) is 3.46. The third kappa shape index (κ3) is 4.36. The summed E-state index contributed by atoms with van der Waals surface area (Å²) >= 11 is 0. The summed E-state index contributed by atoms with van der Waals surface area (Å²) in [5.74, 6) is 0. The van der Waals surface area contributed by atoms with Crippen molar-refractivity contribution < 1.29 is 0 Å². The van der Waals surface area contributed by atoms with Gasteiger partial charge >= 0.3 is 0 Å². The summed E-state index contributed by atoms with van der Waals surface area (Å²) in [7, 11) is 0. The second kappa shape index (κ2) is 11.2. The fourth-order valence-corrected chi connectivity index (χ4v) is 9.63. The molecule has 10 aromatic carbocycles. The van der Waals surface area contributed by atoms with Crippen LogP contribution >= 0.6 is 0 Å². The van der Waals surface area contributed by atoms with E-state index in [4.69, 9.17) is 0 Å². The van der Waals surface area contributed by atoms with Gasteiger partial charge in [-0.3, -0.25) is 0 Å². The normalized spacial score (nSPS) is 13.2. The summed E-state index contributed by atoms with van der Waals surface area (Å²) in [6, 6.07) is 67.8. The van der Waals surface area contributed by atoms with Gasteiger partial charge in [-0.15, -0.1) is 0 Å². The lowest BCUT2D eigenvalue weighted by molar-refractivity contribution is 0.666. The SMILES string of the molecule is CC1(C)c2ccccc2-c2c1c1ccc(-c3cccc(-c4c5ccccc5c(-c5ccc6ccccc6c5)c5ccccc45)c3)cc1c1ccccc21. The fraction of sp³-hybridized carbons (Fsp3) is 0.0566. The van der Waals surface area contributed by atoms with Crippen LogP contribution in [0.25, 0.3) is 98.4 Å². The largest absolute Gasteiger partial charge is 0.0619 e. The van der Waals surface area contributed by atoms with Gasteiger partial charge < -0.3 is 0 Å². The molecule has 0 nitrogen and oxygen atoms in total. The highest BCUT2D eigenvalue weighted by atomic mass is 14.4. The topological polar surface area (TPSA) is 0 Å². The first-order valence-corrected chi connectivity index (χ1v) is 18.7. The molecule has 0 N–H and O–H groups in total. The lowest BCUT2D eigenvalue weighted by Crippen LogP contribution is -2.15. The van der Waals surface area contributed by atoms with Gasteiger partial charge in [0.05, 0.1) is 0 Å². The molecular formula is C53H36. The smallest absolute Gasteiger partial charge is 0.0165 e. The highest BCUT2D eigenvalue weighted by Crippen LogP contribution is 2.55. The van der Waals surface area contributed by atoms with Crippen LogP contribution in [0.5, 0.6) is 0 Å². The Balaban J connectivity index is 1.13. The van der Waals surface area contributed by atoms with Crippen molar-refractivity contribution in [3.8, 4) is 44.5 Å². The number of hydrogen-bond donors (Lipinski definition) is 0. The molecule has 0 heterocycles. The van der Waals surface area contributed by atoms with E-state index in [1.54, 1.807) is 0 Å². The molecule has 0 saturated carbocycles. The van der Waals surface area contributed by atoms with E-state index >= 15 is 0 Å². The van der Waals surface area contributed by atoms with E-state index in [1.807, 2.05) is 0 Å². The van der Waals surface area contributed by atoms with Crippen LogP contribution in [0.1, 0.15) is 25.0 Å². The zero-order valence-corrected chi connectivity index (χ0v) is 29.8. The van der Waals surface area contributed by atoms with E-state index in [2.05, 4.69) is 196 Å². The van der Waals surface area contributed by atoms with Gasteiger partial charge in [-0.2, -0.15) is 0 Å². The Bertz CT molecular complexity index is 3080. The monoisotopic (exact) mass is 672 g/mol. The molecule has 1 aliphatic rings. The predicted octanol–water partition coefficient (Wildman–Crippen LogP) is 14.8. The van der Waals surface area contributed by atoms with E-state index in [0.29, 0.717) is 0 Å². The minimum absolute atomic E-state index is 0.0865. The van der Waals surface area contributed by atoms with E-state index in [1.165, 1.54) is 109 Å². The molecule has 1 aliphatic carbocycles. The van der Waals surface area contributed by atoms with Gasteiger partial charge in [-0.05, 0) is 128 Å². The van der Waals surface area contributed by atoms with Crippen LogP contribution in [0.15, 0.2) is 182 Å². The quantitative estimate of drug-likeness (QED) is 0.129. The van der Waals surface area contributed by atoms with E-state index in [9.17, 15) is 0 Å². The summed E-state index contributed by atoms with van der Waals surface area (Å²) < 4.78 is 0. The summed E-state index contributed by atoms with van der Waals surface area (Å²) in [6.07, 6.45) is 0. The highest BCUT2D eigenvalue weighted by molar-refractivity contribution is 6.22. The van der Waals surface area contributed by atoms with Crippen LogP contribution in [0.4, 0.5) is 0 Å². The molecule has 0 aromatic heterocycles. The summed E-state index contributed by atoms with van der Waals surface area (Å²) in [6.45, 7) is 4.78. The predicted molar refractivity (Wildman–Crippen MR) is 228 cm³/mol. The molecule has 0 atom stereocenters. The minimum Gasteiger partial charge on any atom is -0.0619 e. The van der Waals surface area contributed by atoms with Crippen molar-refractivity contribution in [1.29, 1.82) is 0 Å². The van der Waals surface area contributed by atoms with Crippen molar-refractivity contribution in [2.45, 2.75) is 19.3 Å². The summed E-state index contributed by atoms with van der Waals surface area (Å²) in [4.78, 5) is 0. The lowest BCUT2D eigenvalue weighted by Gasteiger charge is -2.24. The second-order valence-electron chi connectivity index (χ2n) is 15.2. The number of rotatable bonds is 3. The Hall–Kier alpha value is -6.50. The molecule has 10 aromatic rings. The first-order chi connectivity index (χ1) is 26.1. The van der Waals surface area contributed by atoms with Crippen LogP contribution in [-0.4, -0.2) is 0 Å². The molecule has 248 valence electrons. The third-order valence-electron chi connectivity index (χ3n) is 12.0. The number of benzene rings is 10. The molecule has 0 bridgehead atoms. The van der Waals surface area contributed by atoms with Gasteiger partial charge in [0.2, 0.25) is 0 Å². The lowest BCUT2D eigenvalue weighted by atomic mass is 9.79. The van der Waals surface area contributed by atoms with Crippen molar-refractivity contribution in [3.05, 3.63) is 193 Å². The molecule has 0 radical (unpaired) electrons.